The molecule has 8 nitrogen and oxygen atoms in total. The number of carbonyl (C=O) groups excluding carboxylic acids is 1. The van der Waals surface area contributed by atoms with Gasteiger partial charge >= 0.3 is 5.97 Å². The van der Waals surface area contributed by atoms with E-state index < -0.39 is 11.5 Å². The summed E-state index contributed by atoms with van der Waals surface area (Å²) in [5.74, 6) is -2.79. The van der Waals surface area contributed by atoms with Gasteiger partial charge in [0.25, 0.3) is 5.92 Å². The highest BCUT2D eigenvalue weighted by Crippen LogP contribution is 2.48. The summed E-state index contributed by atoms with van der Waals surface area (Å²) < 4.78 is 37.5. The molecule has 3 fully saturated rings. The fraction of sp³-hybridized carbons (Fsp3) is 0.720. The minimum absolute atomic E-state index is 0.0355. The number of hydrogen-bond acceptors (Lipinski definition) is 7. The molecule has 10 heteroatoms. The fourth-order valence-corrected chi connectivity index (χ4v) is 6.36. The number of anilines is 1. The van der Waals surface area contributed by atoms with Crippen LogP contribution >= 0.6 is 0 Å². The number of rotatable bonds is 5. The maximum atomic E-state index is 14.7. The van der Waals surface area contributed by atoms with Crippen LogP contribution in [0.15, 0.2) is 18.6 Å². The van der Waals surface area contributed by atoms with Crippen molar-refractivity contribution in [2.75, 3.05) is 39.0 Å². The predicted octanol–water partition coefficient (Wildman–Crippen LogP) is 3.34. The average molecular weight is 491 g/mol. The molecule has 0 bridgehead atoms. The SMILES string of the molecule is CC(C)C(=O)O[C@H]1C[C@H](n2ccc3c(N)ncnc32)C[C@@H]1CN1CC(F)(F)CC12CCN(C)CC2. The van der Waals surface area contributed by atoms with Gasteiger partial charge in [-0.3, -0.25) is 9.69 Å². The molecule has 0 unspecified atom stereocenters. The number of fused-ring (bicyclic) bond motifs is 1. The third kappa shape index (κ3) is 4.62. The van der Waals surface area contributed by atoms with Crippen molar-refractivity contribution in [2.24, 2.45) is 11.8 Å². The summed E-state index contributed by atoms with van der Waals surface area (Å²) in [6, 6.07) is 1.94. The Morgan fingerprint density at radius 2 is 2.00 bits per heavy atom. The number of halogens is 2. The molecular formula is C25H36F2N6O2. The lowest BCUT2D eigenvalue weighted by atomic mass is 9.84. The second-order valence-corrected chi connectivity index (χ2v) is 11.2. The number of alkyl halides is 2. The molecule has 192 valence electrons. The van der Waals surface area contributed by atoms with E-state index in [9.17, 15) is 13.6 Å². The van der Waals surface area contributed by atoms with Crippen LogP contribution in [-0.2, 0) is 9.53 Å². The van der Waals surface area contributed by atoms with E-state index in [0.717, 1.165) is 43.4 Å². The fourth-order valence-electron chi connectivity index (χ4n) is 6.36. The number of piperidine rings is 1. The topological polar surface area (TPSA) is 89.5 Å². The van der Waals surface area contributed by atoms with Gasteiger partial charge in [-0.25, -0.2) is 18.7 Å². The maximum absolute atomic E-state index is 14.7. The van der Waals surface area contributed by atoms with Crippen molar-refractivity contribution >= 4 is 22.8 Å². The molecule has 5 rings (SSSR count). The summed E-state index contributed by atoms with van der Waals surface area (Å²) in [7, 11) is 2.05. The van der Waals surface area contributed by atoms with Gasteiger partial charge in [0.05, 0.1) is 17.8 Å². The van der Waals surface area contributed by atoms with Crippen molar-refractivity contribution in [1.82, 2.24) is 24.3 Å². The first-order valence-corrected chi connectivity index (χ1v) is 12.7. The van der Waals surface area contributed by atoms with Crippen LogP contribution in [0, 0.1) is 11.8 Å². The highest BCUT2D eigenvalue weighted by molar-refractivity contribution is 5.86. The first-order chi connectivity index (χ1) is 16.6. The molecule has 3 atom stereocenters. The normalized spacial score (nSPS) is 28.9. The molecule has 0 aromatic carbocycles. The Bertz CT molecular complexity index is 1080. The smallest absolute Gasteiger partial charge is 0.308 e. The number of likely N-dealkylation sites (tertiary alicyclic amines) is 2. The molecule has 2 aromatic rings. The second kappa shape index (κ2) is 8.96. The maximum Gasteiger partial charge on any atom is 0.308 e. The van der Waals surface area contributed by atoms with E-state index in [1.165, 1.54) is 6.33 Å². The van der Waals surface area contributed by atoms with Crippen LogP contribution in [0.2, 0.25) is 0 Å². The Balaban J connectivity index is 1.41. The van der Waals surface area contributed by atoms with Crippen LogP contribution < -0.4 is 5.73 Å². The zero-order chi connectivity index (χ0) is 25.0. The van der Waals surface area contributed by atoms with Crippen LogP contribution in [0.4, 0.5) is 14.6 Å². The molecule has 2 N–H and O–H groups in total. The largest absolute Gasteiger partial charge is 0.462 e. The van der Waals surface area contributed by atoms with Crippen molar-refractivity contribution in [2.45, 2.75) is 69.6 Å². The standard InChI is InChI=1S/C25H36F2N6O2/c1-16(2)23(34)35-20-11-18(33-7-4-19-21(28)29-15-30-22(19)33)10-17(20)12-32-14-25(26,27)13-24(32)5-8-31(3)9-6-24/h4,7,15-18,20H,5-6,8-14H2,1-3H3,(H2,28,29,30)/t17-,18-,20+/m1/s1. The Morgan fingerprint density at radius 1 is 1.26 bits per heavy atom. The monoisotopic (exact) mass is 490 g/mol. The zero-order valence-corrected chi connectivity index (χ0v) is 20.8. The van der Waals surface area contributed by atoms with E-state index >= 15 is 0 Å². The summed E-state index contributed by atoms with van der Waals surface area (Å²) in [5.41, 5.74) is 6.29. The van der Waals surface area contributed by atoms with Crippen LogP contribution in [0.1, 0.15) is 52.0 Å². The minimum atomic E-state index is -2.69. The third-order valence-electron chi connectivity index (χ3n) is 8.33. The summed E-state index contributed by atoms with van der Waals surface area (Å²) in [5, 5.41) is 0.788. The molecular weight excluding hydrogens is 454 g/mol. The Kier molecular flexibility index (Phi) is 6.24. The van der Waals surface area contributed by atoms with Gasteiger partial charge < -0.3 is 19.9 Å². The van der Waals surface area contributed by atoms with Crippen LogP contribution in [0.5, 0.6) is 0 Å². The molecule has 2 saturated heterocycles. The van der Waals surface area contributed by atoms with Crippen molar-refractivity contribution in [3.8, 4) is 0 Å². The zero-order valence-electron chi connectivity index (χ0n) is 20.8. The first-order valence-electron chi connectivity index (χ1n) is 12.7. The summed E-state index contributed by atoms with van der Waals surface area (Å²) in [6.07, 6.45) is 5.81. The molecule has 2 aliphatic heterocycles. The third-order valence-corrected chi connectivity index (χ3v) is 8.33. The molecule has 0 radical (unpaired) electrons. The lowest BCUT2D eigenvalue weighted by Gasteiger charge is -2.44. The van der Waals surface area contributed by atoms with Gasteiger partial charge in [0.1, 0.15) is 23.9 Å². The number of carbonyl (C=O) groups is 1. The van der Waals surface area contributed by atoms with Gasteiger partial charge in [-0.15, -0.1) is 0 Å². The number of nitrogen functional groups attached to an aromatic ring is 1. The van der Waals surface area contributed by atoms with Crippen molar-refractivity contribution in [1.29, 1.82) is 0 Å². The minimum Gasteiger partial charge on any atom is -0.462 e. The highest BCUT2D eigenvalue weighted by atomic mass is 19.3. The summed E-state index contributed by atoms with van der Waals surface area (Å²) in [6.45, 7) is 5.56. The molecule has 1 spiro atoms. The summed E-state index contributed by atoms with van der Waals surface area (Å²) >= 11 is 0. The van der Waals surface area contributed by atoms with E-state index in [2.05, 4.69) is 19.4 Å². The lowest BCUT2D eigenvalue weighted by Crippen LogP contribution is -2.53. The molecule has 1 saturated carbocycles. The number of esters is 1. The van der Waals surface area contributed by atoms with Crippen LogP contribution in [0.25, 0.3) is 11.0 Å². The van der Waals surface area contributed by atoms with E-state index in [1.807, 2.05) is 38.1 Å². The average Bonchev–Trinajstić information content (AvgIpc) is 3.45. The summed E-state index contributed by atoms with van der Waals surface area (Å²) in [4.78, 5) is 25.3. The Labute approximate surface area is 204 Å². The Hall–Kier alpha value is -2.33. The van der Waals surface area contributed by atoms with E-state index in [-0.39, 0.29) is 42.9 Å². The number of ether oxygens (including phenoxy) is 1. The van der Waals surface area contributed by atoms with Gasteiger partial charge in [0.2, 0.25) is 0 Å². The van der Waals surface area contributed by atoms with Crippen molar-refractivity contribution < 1.29 is 18.3 Å². The number of nitrogens with zero attached hydrogens (tertiary/aromatic N) is 5. The van der Waals surface area contributed by atoms with Gasteiger partial charge in [-0.2, -0.15) is 0 Å². The van der Waals surface area contributed by atoms with Gasteiger partial charge in [-0.1, -0.05) is 13.8 Å². The van der Waals surface area contributed by atoms with Gasteiger partial charge in [-0.05, 0) is 45.5 Å². The molecule has 3 aliphatic rings. The van der Waals surface area contributed by atoms with Crippen molar-refractivity contribution in [3.05, 3.63) is 18.6 Å². The quantitative estimate of drug-likeness (QED) is 0.643. The number of aromatic nitrogens is 3. The van der Waals surface area contributed by atoms with E-state index in [4.69, 9.17) is 10.5 Å². The molecule has 4 heterocycles. The van der Waals surface area contributed by atoms with E-state index in [1.54, 1.807) is 0 Å². The van der Waals surface area contributed by atoms with Crippen LogP contribution in [0.3, 0.4) is 0 Å². The van der Waals surface area contributed by atoms with Gasteiger partial charge in [0, 0.05) is 43.1 Å². The number of hydrogen-bond donors (Lipinski definition) is 1. The second-order valence-electron chi connectivity index (χ2n) is 11.2. The van der Waals surface area contributed by atoms with Crippen molar-refractivity contribution in [3.63, 3.8) is 0 Å². The molecule has 1 aliphatic carbocycles. The van der Waals surface area contributed by atoms with E-state index in [0.29, 0.717) is 18.8 Å². The lowest BCUT2D eigenvalue weighted by molar-refractivity contribution is -0.155. The molecule has 35 heavy (non-hydrogen) atoms. The number of nitrogens with two attached hydrogens (primary N) is 1. The van der Waals surface area contributed by atoms with Crippen LogP contribution in [-0.4, -0.2) is 81.1 Å². The first kappa shape index (κ1) is 24.4. The predicted molar refractivity (Wildman–Crippen MR) is 129 cm³/mol. The Morgan fingerprint density at radius 3 is 2.71 bits per heavy atom. The van der Waals surface area contributed by atoms with Gasteiger partial charge in [0.15, 0.2) is 0 Å². The molecule has 0 amide bonds. The highest BCUT2D eigenvalue weighted by Gasteiger charge is 2.56. The molecule has 2 aromatic heterocycles.